The van der Waals surface area contributed by atoms with Crippen LogP contribution in [0.5, 0.6) is 0 Å². The van der Waals surface area contributed by atoms with Crippen LogP contribution in [-0.4, -0.2) is 29.8 Å². The molecule has 0 radical (unpaired) electrons. The molecule has 1 rings (SSSR count). The van der Waals surface area contributed by atoms with E-state index in [0.29, 0.717) is 0 Å². The van der Waals surface area contributed by atoms with Gasteiger partial charge in [-0.2, -0.15) is 0 Å². The maximum absolute atomic E-state index is 13.2. The molecule has 0 aliphatic carbocycles. The van der Waals surface area contributed by atoms with Crippen molar-refractivity contribution in [1.29, 1.82) is 0 Å². The Kier molecular flexibility index (Phi) is 3.92. The molecule has 6 heteroatoms. The lowest BCUT2D eigenvalue weighted by Gasteiger charge is -2.11. The summed E-state index contributed by atoms with van der Waals surface area (Å²) in [6.45, 7) is 0.116. The van der Waals surface area contributed by atoms with E-state index >= 15 is 0 Å². The van der Waals surface area contributed by atoms with Crippen LogP contribution < -0.4 is 5.32 Å². The van der Waals surface area contributed by atoms with Gasteiger partial charge in [-0.15, -0.1) is 0 Å². The van der Waals surface area contributed by atoms with Gasteiger partial charge in [-0.1, -0.05) is 0 Å². The highest BCUT2D eigenvalue weighted by Gasteiger charge is 2.19. The molecule has 0 aliphatic rings. The highest BCUT2D eigenvalue weighted by molar-refractivity contribution is 5.88. The zero-order chi connectivity index (χ0) is 12.3. The molecule has 0 aliphatic heterocycles. The molecule has 0 amide bonds. The van der Waals surface area contributed by atoms with Crippen molar-refractivity contribution >= 4 is 5.97 Å². The lowest BCUT2D eigenvalue weighted by molar-refractivity contribution is 0.0686. The predicted octanol–water partition coefficient (Wildman–Crippen LogP) is 0.916. The summed E-state index contributed by atoms with van der Waals surface area (Å²) in [6, 6.07) is 1.63. The van der Waals surface area contributed by atoms with Crippen LogP contribution in [-0.2, 0) is 0 Å². The number of likely N-dealkylation sites (N-methyl/N-ethyl adjacent to an activating group) is 1. The summed E-state index contributed by atoms with van der Waals surface area (Å²) in [4.78, 5) is 10.5. The van der Waals surface area contributed by atoms with Crippen LogP contribution in [0.25, 0.3) is 0 Å². The molecule has 1 unspecified atom stereocenters. The van der Waals surface area contributed by atoms with Crippen molar-refractivity contribution in [1.82, 2.24) is 5.32 Å². The Morgan fingerprint density at radius 1 is 1.44 bits per heavy atom. The number of carboxylic acid groups (broad SMARTS) is 1. The number of aromatic carboxylic acids is 1. The Labute approximate surface area is 90.5 Å². The second-order valence-electron chi connectivity index (χ2n) is 3.24. The van der Waals surface area contributed by atoms with Gasteiger partial charge in [-0.3, -0.25) is 0 Å². The molecule has 0 aromatic heterocycles. The summed E-state index contributed by atoms with van der Waals surface area (Å²) in [7, 11) is 1.57. The topological polar surface area (TPSA) is 69.6 Å². The fourth-order valence-electron chi connectivity index (χ4n) is 1.30. The molecule has 0 heterocycles. The van der Waals surface area contributed by atoms with E-state index in [1.165, 1.54) is 0 Å². The van der Waals surface area contributed by atoms with E-state index in [4.69, 9.17) is 5.11 Å². The first-order valence-corrected chi connectivity index (χ1v) is 4.52. The Balaban J connectivity index is 3.14. The van der Waals surface area contributed by atoms with Crippen molar-refractivity contribution in [3.8, 4) is 0 Å². The van der Waals surface area contributed by atoms with Crippen LogP contribution in [0.2, 0.25) is 0 Å². The van der Waals surface area contributed by atoms with Gasteiger partial charge in [0.05, 0.1) is 6.10 Å². The molecule has 1 aromatic rings. The van der Waals surface area contributed by atoms with Crippen molar-refractivity contribution in [3.63, 3.8) is 0 Å². The average Bonchev–Trinajstić information content (AvgIpc) is 2.16. The molecule has 0 saturated carbocycles. The molecule has 3 N–H and O–H groups in total. The second-order valence-corrected chi connectivity index (χ2v) is 3.24. The third-order valence-electron chi connectivity index (χ3n) is 2.06. The molecule has 0 spiro atoms. The number of carbonyl (C=O) groups is 1. The first kappa shape index (κ1) is 12.5. The number of aliphatic hydroxyl groups excluding tert-OH is 1. The maximum atomic E-state index is 13.2. The van der Waals surface area contributed by atoms with Gasteiger partial charge in [0, 0.05) is 6.54 Å². The largest absolute Gasteiger partial charge is 0.477 e. The van der Waals surface area contributed by atoms with E-state index in [1.807, 2.05) is 0 Å². The van der Waals surface area contributed by atoms with E-state index < -0.39 is 29.3 Å². The molecule has 0 bridgehead atoms. The minimum absolute atomic E-state index is 0.00523. The van der Waals surface area contributed by atoms with Crippen molar-refractivity contribution < 1.29 is 23.8 Å². The molecule has 1 atom stereocenters. The zero-order valence-electron chi connectivity index (χ0n) is 8.50. The highest BCUT2D eigenvalue weighted by atomic mass is 19.1. The summed E-state index contributed by atoms with van der Waals surface area (Å²) in [6.07, 6.45) is -1.09. The van der Waals surface area contributed by atoms with Crippen molar-refractivity contribution in [2.24, 2.45) is 0 Å². The Morgan fingerprint density at radius 3 is 2.31 bits per heavy atom. The molecular weight excluding hydrogens is 220 g/mol. The number of hydrogen-bond donors (Lipinski definition) is 3. The lowest BCUT2D eigenvalue weighted by atomic mass is 10.1. The molecule has 0 saturated heterocycles. The van der Waals surface area contributed by atoms with E-state index in [1.54, 1.807) is 7.05 Å². The Hall–Kier alpha value is -1.53. The quantitative estimate of drug-likeness (QED) is 0.720. The van der Waals surface area contributed by atoms with Crippen molar-refractivity contribution in [2.75, 3.05) is 13.6 Å². The standard InChI is InChI=1S/C10H11F2NO3/c1-13-4-8(14)5-2-6(11)9(10(15)16)7(12)3-5/h2-3,8,13-14H,4H2,1H3,(H,15,16). The summed E-state index contributed by atoms with van der Waals surface area (Å²) < 4.78 is 26.4. The molecule has 88 valence electrons. The van der Waals surface area contributed by atoms with Gasteiger partial charge >= 0.3 is 5.97 Å². The van der Waals surface area contributed by atoms with E-state index in [-0.39, 0.29) is 12.1 Å². The van der Waals surface area contributed by atoms with Crippen LogP contribution in [0.4, 0.5) is 8.78 Å². The maximum Gasteiger partial charge on any atom is 0.341 e. The van der Waals surface area contributed by atoms with Gasteiger partial charge in [0.1, 0.15) is 17.2 Å². The van der Waals surface area contributed by atoms with Crippen LogP contribution in [0.3, 0.4) is 0 Å². The molecule has 4 nitrogen and oxygen atoms in total. The number of rotatable bonds is 4. The first-order valence-electron chi connectivity index (χ1n) is 4.52. The van der Waals surface area contributed by atoms with Gasteiger partial charge in [-0.05, 0) is 24.7 Å². The molecular formula is C10H11F2NO3. The Bertz CT molecular complexity index is 386. The number of hydrogen-bond acceptors (Lipinski definition) is 3. The fraction of sp³-hybridized carbons (Fsp3) is 0.300. The van der Waals surface area contributed by atoms with E-state index in [0.717, 1.165) is 12.1 Å². The minimum atomic E-state index is -1.68. The van der Waals surface area contributed by atoms with Gasteiger partial charge in [-0.25, -0.2) is 13.6 Å². The fourth-order valence-corrected chi connectivity index (χ4v) is 1.30. The summed E-state index contributed by atoms with van der Waals surface area (Å²) >= 11 is 0. The van der Waals surface area contributed by atoms with E-state index in [9.17, 15) is 18.7 Å². The van der Waals surface area contributed by atoms with E-state index in [2.05, 4.69) is 5.32 Å². The van der Waals surface area contributed by atoms with Crippen LogP contribution >= 0.6 is 0 Å². The smallest absolute Gasteiger partial charge is 0.341 e. The van der Waals surface area contributed by atoms with Crippen molar-refractivity contribution in [3.05, 3.63) is 34.9 Å². The average molecular weight is 231 g/mol. The summed E-state index contributed by atoms with van der Waals surface area (Å²) in [5.41, 5.74) is -1.02. The number of nitrogens with one attached hydrogen (secondary N) is 1. The van der Waals surface area contributed by atoms with Gasteiger partial charge in [0.2, 0.25) is 0 Å². The minimum Gasteiger partial charge on any atom is -0.477 e. The molecule has 16 heavy (non-hydrogen) atoms. The monoisotopic (exact) mass is 231 g/mol. The van der Waals surface area contributed by atoms with Crippen LogP contribution in [0, 0.1) is 11.6 Å². The highest BCUT2D eigenvalue weighted by Crippen LogP contribution is 2.20. The van der Waals surface area contributed by atoms with Gasteiger partial charge in [0.15, 0.2) is 0 Å². The summed E-state index contributed by atoms with van der Waals surface area (Å²) in [5.74, 6) is -4.07. The normalized spacial score (nSPS) is 12.5. The number of benzene rings is 1. The third-order valence-corrected chi connectivity index (χ3v) is 2.06. The third kappa shape index (κ3) is 2.53. The Morgan fingerprint density at radius 2 is 1.94 bits per heavy atom. The van der Waals surface area contributed by atoms with Crippen LogP contribution in [0.15, 0.2) is 12.1 Å². The zero-order valence-corrected chi connectivity index (χ0v) is 8.50. The summed E-state index contributed by atoms with van der Waals surface area (Å²) in [5, 5.41) is 20.6. The van der Waals surface area contributed by atoms with Gasteiger partial charge in [0.25, 0.3) is 0 Å². The van der Waals surface area contributed by atoms with Crippen LogP contribution in [0.1, 0.15) is 22.0 Å². The van der Waals surface area contributed by atoms with Crippen molar-refractivity contribution in [2.45, 2.75) is 6.10 Å². The number of aliphatic hydroxyl groups is 1. The number of carboxylic acids is 1. The van der Waals surface area contributed by atoms with Gasteiger partial charge < -0.3 is 15.5 Å². The predicted molar refractivity (Wildman–Crippen MR) is 52.2 cm³/mol. The molecule has 1 aromatic carbocycles. The first-order chi connectivity index (χ1) is 7.47. The molecule has 0 fully saturated rings. The lowest BCUT2D eigenvalue weighted by Crippen LogP contribution is -2.17. The SMILES string of the molecule is CNCC(O)c1cc(F)c(C(=O)O)c(F)c1. The number of halogens is 2. The second kappa shape index (κ2) is 5.00.